The van der Waals surface area contributed by atoms with E-state index in [-0.39, 0.29) is 23.4 Å². The van der Waals surface area contributed by atoms with E-state index in [2.05, 4.69) is 10.2 Å². The van der Waals surface area contributed by atoms with Crippen LogP contribution in [0.5, 0.6) is 0 Å². The zero-order valence-electron chi connectivity index (χ0n) is 14.5. The van der Waals surface area contributed by atoms with E-state index in [1.807, 2.05) is 17.5 Å². The van der Waals surface area contributed by atoms with E-state index in [0.29, 0.717) is 18.4 Å². The Bertz CT molecular complexity index is 905. The third kappa shape index (κ3) is 4.98. The standard InChI is InChI=1S/C18H17N3O5S/c1-12(25-16(22)6-2-4-15-5-3-11-27-15)17-19-20-18(26-17)13-7-9-14(10-8-13)21(23)24/h3,5,7-12H,2,4,6H2,1H3/t12-/m1/s1. The second-order valence-corrected chi connectivity index (χ2v) is 6.85. The average molecular weight is 387 g/mol. The van der Waals surface area contributed by atoms with Gasteiger partial charge in [-0.05, 0) is 43.3 Å². The molecule has 0 aliphatic heterocycles. The summed E-state index contributed by atoms with van der Waals surface area (Å²) in [5, 5.41) is 20.5. The van der Waals surface area contributed by atoms with Crippen molar-refractivity contribution in [3.63, 3.8) is 0 Å². The highest BCUT2D eigenvalue weighted by Gasteiger charge is 2.19. The SMILES string of the molecule is C[C@@H](OC(=O)CCCc1cccs1)c1nnc(-c2ccc([N+](=O)[O-])cc2)o1. The summed E-state index contributed by atoms with van der Waals surface area (Å²) in [6.45, 7) is 1.66. The normalized spacial score (nSPS) is 11.9. The molecule has 2 heterocycles. The van der Waals surface area contributed by atoms with Crippen molar-refractivity contribution in [2.75, 3.05) is 0 Å². The summed E-state index contributed by atoms with van der Waals surface area (Å²) in [5.41, 5.74) is 0.525. The number of ether oxygens (including phenoxy) is 1. The van der Waals surface area contributed by atoms with Crippen LogP contribution in [0.15, 0.2) is 46.2 Å². The Balaban J connectivity index is 1.53. The third-order valence-electron chi connectivity index (χ3n) is 3.81. The molecule has 0 fully saturated rings. The maximum atomic E-state index is 12.0. The quantitative estimate of drug-likeness (QED) is 0.321. The summed E-state index contributed by atoms with van der Waals surface area (Å²) in [7, 11) is 0. The van der Waals surface area contributed by atoms with Crippen molar-refractivity contribution in [1.29, 1.82) is 0 Å². The molecule has 0 bridgehead atoms. The fourth-order valence-electron chi connectivity index (χ4n) is 2.41. The van der Waals surface area contributed by atoms with E-state index in [9.17, 15) is 14.9 Å². The summed E-state index contributed by atoms with van der Waals surface area (Å²) < 4.78 is 10.9. The molecule has 3 aromatic rings. The first-order valence-corrected chi connectivity index (χ1v) is 9.21. The van der Waals surface area contributed by atoms with E-state index in [1.165, 1.54) is 29.1 Å². The number of carbonyl (C=O) groups excluding carboxylic acids is 1. The Kier molecular flexibility index (Phi) is 5.92. The largest absolute Gasteiger partial charge is 0.453 e. The molecule has 0 aliphatic carbocycles. The number of nitro benzene ring substituents is 1. The molecule has 2 aromatic heterocycles. The predicted octanol–water partition coefficient (Wildman–Crippen LogP) is 4.33. The fraction of sp³-hybridized carbons (Fsp3) is 0.278. The number of hydrogen-bond donors (Lipinski definition) is 0. The summed E-state index contributed by atoms with van der Waals surface area (Å²) in [4.78, 5) is 23.4. The molecule has 27 heavy (non-hydrogen) atoms. The summed E-state index contributed by atoms with van der Waals surface area (Å²) in [5.74, 6) is 0.0598. The van der Waals surface area contributed by atoms with E-state index in [4.69, 9.17) is 9.15 Å². The summed E-state index contributed by atoms with van der Waals surface area (Å²) in [6.07, 6.45) is 1.19. The number of thiophene rings is 1. The van der Waals surface area contributed by atoms with Gasteiger partial charge >= 0.3 is 5.97 Å². The number of rotatable bonds is 8. The number of non-ortho nitro benzene ring substituents is 1. The van der Waals surface area contributed by atoms with E-state index < -0.39 is 11.0 Å². The van der Waals surface area contributed by atoms with Crippen molar-refractivity contribution in [2.24, 2.45) is 0 Å². The van der Waals surface area contributed by atoms with Crippen LogP contribution in [0.1, 0.15) is 36.6 Å². The zero-order chi connectivity index (χ0) is 19.2. The van der Waals surface area contributed by atoms with Crippen molar-refractivity contribution in [2.45, 2.75) is 32.3 Å². The Morgan fingerprint density at radius 2 is 2.07 bits per heavy atom. The lowest BCUT2D eigenvalue weighted by molar-refractivity contribution is -0.384. The van der Waals surface area contributed by atoms with Gasteiger partial charge in [0.1, 0.15) is 0 Å². The number of nitrogens with zero attached hydrogens (tertiary/aromatic N) is 3. The molecule has 0 unspecified atom stereocenters. The minimum absolute atomic E-state index is 0.0247. The Hall–Kier alpha value is -3.07. The van der Waals surface area contributed by atoms with Gasteiger partial charge in [0.2, 0.25) is 5.89 Å². The van der Waals surface area contributed by atoms with Crippen LogP contribution in [0.25, 0.3) is 11.5 Å². The maximum Gasteiger partial charge on any atom is 0.306 e. The Morgan fingerprint density at radius 3 is 2.74 bits per heavy atom. The van der Waals surface area contributed by atoms with E-state index in [0.717, 1.165) is 6.42 Å². The monoisotopic (exact) mass is 387 g/mol. The van der Waals surface area contributed by atoms with Crippen molar-refractivity contribution in [1.82, 2.24) is 10.2 Å². The number of benzene rings is 1. The number of carbonyl (C=O) groups is 1. The minimum Gasteiger partial charge on any atom is -0.453 e. The van der Waals surface area contributed by atoms with Crippen molar-refractivity contribution < 1.29 is 18.9 Å². The molecule has 0 amide bonds. The lowest BCUT2D eigenvalue weighted by atomic mass is 10.2. The van der Waals surface area contributed by atoms with Crippen LogP contribution >= 0.6 is 11.3 Å². The van der Waals surface area contributed by atoms with Crippen molar-refractivity contribution in [3.05, 3.63) is 62.7 Å². The van der Waals surface area contributed by atoms with Crippen LogP contribution in [-0.4, -0.2) is 21.1 Å². The van der Waals surface area contributed by atoms with Gasteiger partial charge in [-0.15, -0.1) is 21.5 Å². The molecular weight excluding hydrogens is 370 g/mol. The van der Waals surface area contributed by atoms with E-state index in [1.54, 1.807) is 18.3 Å². The van der Waals surface area contributed by atoms with Gasteiger partial charge in [0.25, 0.3) is 11.6 Å². The molecule has 1 aromatic carbocycles. The smallest absolute Gasteiger partial charge is 0.306 e. The van der Waals surface area contributed by atoms with Gasteiger partial charge in [-0.3, -0.25) is 14.9 Å². The highest BCUT2D eigenvalue weighted by atomic mass is 32.1. The van der Waals surface area contributed by atoms with Gasteiger partial charge in [0, 0.05) is 29.0 Å². The van der Waals surface area contributed by atoms with Gasteiger partial charge in [-0.2, -0.15) is 0 Å². The molecule has 1 atom stereocenters. The summed E-state index contributed by atoms with van der Waals surface area (Å²) in [6, 6.07) is 9.79. The Labute approximate surface area is 159 Å². The topological polar surface area (TPSA) is 108 Å². The molecule has 0 N–H and O–H groups in total. The number of nitro groups is 1. The molecule has 8 nitrogen and oxygen atoms in total. The van der Waals surface area contributed by atoms with Crippen LogP contribution in [0.3, 0.4) is 0 Å². The number of hydrogen-bond acceptors (Lipinski definition) is 8. The van der Waals surface area contributed by atoms with Crippen LogP contribution < -0.4 is 0 Å². The van der Waals surface area contributed by atoms with Crippen molar-refractivity contribution in [3.8, 4) is 11.5 Å². The molecule has 0 spiro atoms. The second kappa shape index (κ2) is 8.54. The van der Waals surface area contributed by atoms with E-state index >= 15 is 0 Å². The highest BCUT2D eigenvalue weighted by Crippen LogP contribution is 2.24. The molecule has 0 radical (unpaired) electrons. The first-order chi connectivity index (χ1) is 13.0. The molecular formula is C18H17N3O5S. The highest BCUT2D eigenvalue weighted by molar-refractivity contribution is 7.09. The zero-order valence-corrected chi connectivity index (χ0v) is 15.3. The molecule has 3 rings (SSSR count). The van der Waals surface area contributed by atoms with Gasteiger partial charge in [-0.25, -0.2) is 0 Å². The fourth-order valence-corrected chi connectivity index (χ4v) is 3.16. The predicted molar refractivity (Wildman–Crippen MR) is 98.2 cm³/mol. The number of esters is 1. The van der Waals surface area contributed by atoms with Gasteiger partial charge in [0.05, 0.1) is 4.92 Å². The lowest BCUT2D eigenvalue weighted by Crippen LogP contribution is -2.09. The second-order valence-electron chi connectivity index (χ2n) is 5.81. The number of aromatic nitrogens is 2. The molecule has 0 aliphatic rings. The van der Waals surface area contributed by atoms with Gasteiger partial charge in [-0.1, -0.05) is 6.07 Å². The lowest BCUT2D eigenvalue weighted by Gasteiger charge is -2.09. The van der Waals surface area contributed by atoms with Gasteiger partial charge < -0.3 is 9.15 Å². The molecule has 0 saturated carbocycles. The maximum absolute atomic E-state index is 12.0. The first-order valence-electron chi connectivity index (χ1n) is 8.33. The first kappa shape index (κ1) is 18.7. The number of aryl methyl sites for hydroxylation is 1. The van der Waals surface area contributed by atoms with Crippen molar-refractivity contribution >= 4 is 23.0 Å². The molecule has 9 heteroatoms. The molecule has 0 saturated heterocycles. The average Bonchev–Trinajstić information content (AvgIpc) is 3.34. The Morgan fingerprint density at radius 1 is 1.30 bits per heavy atom. The van der Waals surface area contributed by atoms with Crippen LogP contribution in [-0.2, 0) is 16.0 Å². The summed E-state index contributed by atoms with van der Waals surface area (Å²) >= 11 is 1.67. The van der Waals surface area contributed by atoms with Crippen LogP contribution in [0, 0.1) is 10.1 Å². The van der Waals surface area contributed by atoms with Crippen LogP contribution in [0.2, 0.25) is 0 Å². The third-order valence-corrected chi connectivity index (χ3v) is 4.74. The minimum atomic E-state index is -0.668. The van der Waals surface area contributed by atoms with Gasteiger partial charge in [0.15, 0.2) is 6.10 Å². The molecule has 140 valence electrons. The van der Waals surface area contributed by atoms with Crippen LogP contribution in [0.4, 0.5) is 5.69 Å².